The van der Waals surface area contributed by atoms with Gasteiger partial charge in [0.25, 0.3) is 10.0 Å². The van der Waals surface area contributed by atoms with E-state index in [9.17, 15) is 8.42 Å². The van der Waals surface area contributed by atoms with Crippen LogP contribution in [0.3, 0.4) is 0 Å². The van der Waals surface area contributed by atoms with Gasteiger partial charge in [0.1, 0.15) is 12.4 Å². The van der Waals surface area contributed by atoms with Gasteiger partial charge in [0, 0.05) is 6.54 Å². The fraction of sp³-hybridized carbons (Fsp3) is 0.391. The number of rotatable bonds is 9. The number of hydrogen-bond donors (Lipinski definition) is 0. The van der Waals surface area contributed by atoms with E-state index in [4.69, 9.17) is 9.72 Å². The van der Waals surface area contributed by atoms with Crippen molar-refractivity contribution in [3.05, 3.63) is 48.5 Å². The van der Waals surface area contributed by atoms with Crippen molar-refractivity contribution in [2.45, 2.75) is 43.9 Å². The maximum atomic E-state index is 13.5. The highest BCUT2D eigenvalue weighted by Gasteiger charge is 2.37. The van der Waals surface area contributed by atoms with Crippen LogP contribution in [0, 0.1) is 0 Å². The molecule has 0 atom stereocenters. The van der Waals surface area contributed by atoms with Gasteiger partial charge in [-0.1, -0.05) is 44.7 Å². The molecule has 8 heteroatoms. The van der Waals surface area contributed by atoms with Gasteiger partial charge in [0.15, 0.2) is 11.6 Å². The number of ether oxygens (including phenoxy) is 1. The van der Waals surface area contributed by atoms with Gasteiger partial charge < -0.3 is 9.64 Å². The third kappa shape index (κ3) is 4.30. The Labute approximate surface area is 183 Å². The Morgan fingerprint density at radius 1 is 0.903 bits per heavy atom. The van der Waals surface area contributed by atoms with Crippen LogP contribution in [0.2, 0.25) is 0 Å². The normalized spacial score (nSPS) is 13.6. The third-order valence-corrected chi connectivity index (χ3v) is 7.28. The Hall–Kier alpha value is -2.87. The van der Waals surface area contributed by atoms with E-state index in [2.05, 4.69) is 11.9 Å². The monoisotopic (exact) mass is 440 g/mol. The van der Waals surface area contributed by atoms with Crippen LogP contribution >= 0.6 is 0 Å². The summed E-state index contributed by atoms with van der Waals surface area (Å²) in [6.45, 7) is 3.16. The molecule has 1 aromatic heterocycles. The van der Waals surface area contributed by atoms with Crippen LogP contribution in [0.15, 0.2) is 53.4 Å². The number of methoxy groups -OCH3 is 1. The molecule has 2 heterocycles. The highest BCUT2D eigenvalue weighted by Crippen LogP contribution is 2.38. The predicted octanol–water partition coefficient (Wildman–Crippen LogP) is 4.58. The summed E-state index contributed by atoms with van der Waals surface area (Å²) in [5.74, 6) is 1.63. The van der Waals surface area contributed by atoms with E-state index in [1.807, 2.05) is 29.2 Å². The fourth-order valence-electron chi connectivity index (χ4n) is 3.80. The Morgan fingerprint density at radius 2 is 1.55 bits per heavy atom. The zero-order valence-corrected chi connectivity index (χ0v) is 18.8. The first-order valence-electron chi connectivity index (χ1n) is 10.7. The van der Waals surface area contributed by atoms with Crippen molar-refractivity contribution >= 4 is 32.7 Å². The molecule has 0 fully saturated rings. The Bertz CT molecular complexity index is 1150. The van der Waals surface area contributed by atoms with Gasteiger partial charge in [-0.25, -0.2) is 22.7 Å². The molecule has 0 radical (unpaired) electrons. The second kappa shape index (κ2) is 9.09. The van der Waals surface area contributed by atoms with E-state index in [0.29, 0.717) is 22.9 Å². The fourth-order valence-corrected chi connectivity index (χ4v) is 5.17. The average molecular weight is 441 g/mol. The van der Waals surface area contributed by atoms with E-state index in [1.54, 1.807) is 31.4 Å². The van der Waals surface area contributed by atoms with Crippen LogP contribution in [-0.4, -0.2) is 38.7 Å². The number of benzene rings is 2. The van der Waals surface area contributed by atoms with Crippen LogP contribution < -0.4 is 13.9 Å². The summed E-state index contributed by atoms with van der Waals surface area (Å²) in [5, 5.41) is 0. The molecule has 31 heavy (non-hydrogen) atoms. The molecule has 0 bridgehead atoms. The molecule has 0 amide bonds. The van der Waals surface area contributed by atoms with Crippen LogP contribution in [0.4, 0.5) is 11.6 Å². The first kappa shape index (κ1) is 21.4. The molecule has 0 saturated heterocycles. The maximum Gasteiger partial charge on any atom is 0.267 e. The average Bonchev–Trinajstić information content (AvgIpc) is 3.15. The standard InChI is InChI=1S/C23H28N4O3S/c1-3-4-5-6-9-16-26-17-27(31(28,29)19-14-12-18(30-2)13-15-19)23-22(26)24-20-10-7-8-11-21(20)25-23/h7-8,10-15H,3-6,9,16-17H2,1-2H3. The molecular formula is C23H28N4O3S. The molecule has 0 N–H and O–H groups in total. The van der Waals surface area contributed by atoms with Gasteiger partial charge in [-0.05, 0) is 42.8 Å². The quantitative estimate of drug-likeness (QED) is 0.453. The van der Waals surface area contributed by atoms with Crippen molar-refractivity contribution in [1.82, 2.24) is 9.97 Å². The molecule has 0 aliphatic carbocycles. The van der Waals surface area contributed by atoms with E-state index in [-0.39, 0.29) is 11.6 Å². The second-order valence-electron chi connectivity index (χ2n) is 7.71. The van der Waals surface area contributed by atoms with Gasteiger partial charge in [0.05, 0.1) is 23.0 Å². The first-order valence-corrected chi connectivity index (χ1v) is 12.2. The van der Waals surface area contributed by atoms with E-state index < -0.39 is 10.0 Å². The number of para-hydroxylation sites is 2. The van der Waals surface area contributed by atoms with E-state index in [1.165, 1.54) is 23.6 Å². The Balaban J connectivity index is 1.68. The summed E-state index contributed by atoms with van der Waals surface area (Å²) in [4.78, 5) is 11.7. The van der Waals surface area contributed by atoms with Crippen molar-refractivity contribution in [2.75, 3.05) is 29.5 Å². The Morgan fingerprint density at radius 3 is 2.19 bits per heavy atom. The molecular weight excluding hydrogens is 412 g/mol. The molecule has 0 saturated carbocycles. The Kier molecular flexibility index (Phi) is 6.27. The summed E-state index contributed by atoms with van der Waals surface area (Å²) in [6, 6.07) is 14.0. The minimum Gasteiger partial charge on any atom is -0.497 e. The molecule has 3 aromatic rings. The lowest BCUT2D eigenvalue weighted by molar-refractivity contribution is 0.414. The van der Waals surface area contributed by atoms with Gasteiger partial charge in [-0.3, -0.25) is 0 Å². The molecule has 2 aromatic carbocycles. The minimum atomic E-state index is -3.78. The lowest BCUT2D eigenvalue weighted by Crippen LogP contribution is -2.36. The van der Waals surface area contributed by atoms with Crippen molar-refractivity contribution in [2.24, 2.45) is 0 Å². The van der Waals surface area contributed by atoms with Gasteiger partial charge in [0.2, 0.25) is 0 Å². The summed E-state index contributed by atoms with van der Waals surface area (Å²) >= 11 is 0. The van der Waals surface area contributed by atoms with Crippen molar-refractivity contribution in [3.8, 4) is 5.75 Å². The molecule has 7 nitrogen and oxygen atoms in total. The van der Waals surface area contributed by atoms with Crippen LogP contribution in [0.5, 0.6) is 5.75 Å². The first-order chi connectivity index (χ1) is 15.0. The molecule has 0 unspecified atom stereocenters. The minimum absolute atomic E-state index is 0.207. The smallest absolute Gasteiger partial charge is 0.267 e. The van der Waals surface area contributed by atoms with Gasteiger partial charge in [-0.15, -0.1) is 0 Å². The summed E-state index contributed by atoms with van der Waals surface area (Å²) in [6.07, 6.45) is 5.71. The lowest BCUT2D eigenvalue weighted by Gasteiger charge is -2.20. The van der Waals surface area contributed by atoms with Gasteiger partial charge >= 0.3 is 0 Å². The summed E-state index contributed by atoms with van der Waals surface area (Å²) < 4.78 is 33.5. The number of unbranched alkanes of at least 4 members (excludes halogenated alkanes) is 4. The largest absolute Gasteiger partial charge is 0.497 e. The number of sulfonamides is 1. The van der Waals surface area contributed by atoms with Crippen molar-refractivity contribution < 1.29 is 13.2 Å². The van der Waals surface area contributed by atoms with Crippen LogP contribution in [-0.2, 0) is 10.0 Å². The van der Waals surface area contributed by atoms with Gasteiger partial charge in [-0.2, -0.15) is 0 Å². The highest BCUT2D eigenvalue weighted by molar-refractivity contribution is 7.92. The van der Waals surface area contributed by atoms with E-state index in [0.717, 1.165) is 24.9 Å². The zero-order valence-electron chi connectivity index (χ0n) is 18.0. The molecule has 164 valence electrons. The SMILES string of the molecule is CCCCCCCN1CN(S(=O)(=O)c2ccc(OC)cc2)c2nc3ccccc3nc21. The number of aromatic nitrogens is 2. The third-order valence-electron chi connectivity index (χ3n) is 5.55. The number of fused-ring (bicyclic) bond motifs is 2. The predicted molar refractivity (Wildman–Crippen MR) is 123 cm³/mol. The van der Waals surface area contributed by atoms with Crippen LogP contribution in [0.25, 0.3) is 11.0 Å². The second-order valence-corrected chi connectivity index (χ2v) is 9.57. The topological polar surface area (TPSA) is 75.6 Å². The molecule has 4 rings (SSSR count). The van der Waals surface area contributed by atoms with E-state index >= 15 is 0 Å². The summed E-state index contributed by atoms with van der Waals surface area (Å²) in [7, 11) is -2.23. The lowest BCUT2D eigenvalue weighted by atomic mass is 10.1. The molecule has 1 aliphatic rings. The van der Waals surface area contributed by atoms with Crippen LogP contribution in [0.1, 0.15) is 39.0 Å². The number of anilines is 2. The van der Waals surface area contributed by atoms with Crippen molar-refractivity contribution in [1.29, 1.82) is 0 Å². The number of nitrogens with zero attached hydrogens (tertiary/aromatic N) is 4. The molecule has 0 spiro atoms. The maximum absolute atomic E-state index is 13.5. The highest BCUT2D eigenvalue weighted by atomic mass is 32.2. The number of hydrogen-bond acceptors (Lipinski definition) is 6. The van der Waals surface area contributed by atoms with Crippen molar-refractivity contribution in [3.63, 3.8) is 0 Å². The molecule has 1 aliphatic heterocycles. The zero-order chi connectivity index (χ0) is 21.8. The summed E-state index contributed by atoms with van der Waals surface area (Å²) in [5.41, 5.74) is 1.45.